The largest absolute Gasteiger partial charge is 0.462 e. The Morgan fingerprint density at radius 2 is 1.27 bits per heavy atom. The summed E-state index contributed by atoms with van der Waals surface area (Å²) in [6, 6.07) is 19.5. The molecule has 4 fully saturated rings. The highest BCUT2D eigenvalue weighted by Crippen LogP contribution is 2.68. The van der Waals surface area contributed by atoms with E-state index in [0.29, 0.717) is 41.6 Å². The summed E-state index contributed by atoms with van der Waals surface area (Å²) < 4.78 is 16.9. The van der Waals surface area contributed by atoms with Gasteiger partial charge in [-0.1, -0.05) is 81.4 Å². The molecule has 0 radical (unpaired) electrons. The summed E-state index contributed by atoms with van der Waals surface area (Å²) >= 11 is 0. The van der Waals surface area contributed by atoms with Gasteiger partial charge in [-0.15, -0.1) is 0 Å². The van der Waals surface area contributed by atoms with Crippen LogP contribution in [0.25, 0.3) is 0 Å². The van der Waals surface area contributed by atoms with Crippen LogP contribution in [0.2, 0.25) is 0 Å². The zero-order valence-electron chi connectivity index (χ0n) is 29.4. The summed E-state index contributed by atoms with van der Waals surface area (Å²) in [6.45, 7) is 8.09. The fourth-order valence-electron chi connectivity index (χ4n) is 10.9. The lowest BCUT2D eigenvalue weighted by Gasteiger charge is -2.61. The fraction of sp³-hybridized carbons (Fsp3) is 0.643. The van der Waals surface area contributed by atoms with Gasteiger partial charge in [0.2, 0.25) is 0 Å². The third kappa shape index (κ3) is 7.68. The molecular weight excluding hydrogens is 600 g/mol. The summed E-state index contributed by atoms with van der Waals surface area (Å²) in [5.41, 5.74) is 2.63. The third-order valence-corrected chi connectivity index (χ3v) is 13.5. The molecule has 4 aliphatic carbocycles. The van der Waals surface area contributed by atoms with Gasteiger partial charge in [0.25, 0.3) is 0 Å². The van der Waals surface area contributed by atoms with Crippen molar-refractivity contribution in [1.82, 2.24) is 0 Å². The quantitative estimate of drug-likeness (QED) is 0.167. The van der Waals surface area contributed by atoms with Crippen molar-refractivity contribution in [3.63, 3.8) is 0 Å². The van der Waals surface area contributed by atoms with Crippen molar-refractivity contribution in [3.05, 3.63) is 71.8 Å². The second kappa shape index (κ2) is 15.2. The zero-order chi connectivity index (χ0) is 33.7. The molecule has 6 rings (SSSR count). The monoisotopic (exact) mass is 656 g/mol. The maximum absolute atomic E-state index is 12.7. The van der Waals surface area contributed by atoms with E-state index < -0.39 is 0 Å². The van der Waals surface area contributed by atoms with Crippen LogP contribution in [0.4, 0.5) is 0 Å². The Morgan fingerprint density at radius 1 is 0.688 bits per heavy atom. The van der Waals surface area contributed by atoms with Gasteiger partial charge >= 0.3 is 17.9 Å². The Hall–Kier alpha value is -3.15. The molecule has 6 nitrogen and oxygen atoms in total. The Morgan fingerprint density at radius 3 is 1.94 bits per heavy atom. The van der Waals surface area contributed by atoms with Gasteiger partial charge in [-0.25, -0.2) is 0 Å². The molecule has 0 amide bonds. The summed E-state index contributed by atoms with van der Waals surface area (Å²) in [4.78, 5) is 37.5. The molecule has 0 N–H and O–H groups in total. The van der Waals surface area contributed by atoms with E-state index in [-0.39, 0.29) is 43.5 Å². The first kappa shape index (κ1) is 34.7. The normalized spacial score (nSPS) is 33.0. The lowest BCUT2D eigenvalue weighted by Crippen LogP contribution is -2.54. The molecule has 9 unspecified atom stereocenters. The number of hydrogen-bond donors (Lipinski definition) is 0. The van der Waals surface area contributed by atoms with E-state index in [1.807, 2.05) is 60.7 Å². The molecule has 6 heteroatoms. The van der Waals surface area contributed by atoms with Gasteiger partial charge in [-0.2, -0.15) is 0 Å². The lowest BCUT2D eigenvalue weighted by molar-refractivity contribution is -0.164. The van der Waals surface area contributed by atoms with Crippen molar-refractivity contribution in [3.8, 4) is 0 Å². The van der Waals surface area contributed by atoms with Crippen LogP contribution in [0.3, 0.4) is 0 Å². The maximum atomic E-state index is 12.7. The van der Waals surface area contributed by atoms with Gasteiger partial charge in [-0.3, -0.25) is 14.4 Å². The molecular formula is C42H56O6. The number of hydrogen-bond acceptors (Lipinski definition) is 6. The van der Waals surface area contributed by atoms with Crippen LogP contribution in [0.1, 0.15) is 115 Å². The number of fused-ring (bicyclic) bond motifs is 5. The lowest BCUT2D eigenvalue weighted by atomic mass is 9.44. The molecule has 2 aromatic carbocycles. The summed E-state index contributed by atoms with van der Waals surface area (Å²) in [5, 5.41) is 0. The van der Waals surface area contributed by atoms with E-state index in [1.54, 1.807) is 0 Å². The number of carbonyl (C=O) groups excluding carboxylic acids is 3. The van der Waals surface area contributed by atoms with Crippen molar-refractivity contribution in [2.24, 2.45) is 46.3 Å². The zero-order valence-corrected chi connectivity index (χ0v) is 29.4. The van der Waals surface area contributed by atoms with Gasteiger partial charge in [0.05, 0.1) is 12.8 Å². The van der Waals surface area contributed by atoms with Crippen LogP contribution >= 0.6 is 0 Å². The van der Waals surface area contributed by atoms with E-state index >= 15 is 0 Å². The van der Waals surface area contributed by atoms with Crippen LogP contribution in [-0.4, -0.2) is 24.0 Å². The fourth-order valence-corrected chi connectivity index (χ4v) is 10.9. The van der Waals surface area contributed by atoms with Crippen LogP contribution < -0.4 is 0 Å². The number of ether oxygens (including phenoxy) is 3. The minimum atomic E-state index is -0.362. The first-order chi connectivity index (χ1) is 23.2. The summed E-state index contributed by atoms with van der Waals surface area (Å²) in [7, 11) is 0. The minimum absolute atomic E-state index is 0.0441. The molecule has 0 heterocycles. The smallest absolute Gasteiger partial charge is 0.306 e. The number of esters is 3. The molecule has 48 heavy (non-hydrogen) atoms. The average molecular weight is 657 g/mol. The molecule has 4 saturated carbocycles. The SMILES string of the molecule is CC(CCC(=O)OCc1ccccc1)C1CCC2C3CCC4CC(OC(=O)CCC(=O)OCc5ccccc5)CCC4(C)C3CCC12C. The maximum Gasteiger partial charge on any atom is 0.306 e. The van der Waals surface area contributed by atoms with Crippen LogP contribution in [0, 0.1) is 46.3 Å². The second-order valence-corrected chi connectivity index (χ2v) is 16.1. The molecule has 0 bridgehead atoms. The van der Waals surface area contributed by atoms with Crippen LogP contribution in [0.15, 0.2) is 60.7 Å². The van der Waals surface area contributed by atoms with E-state index in [2.05, 4.69) is 20.8 Å². The average Bonchev–Trinajstić information content (AvgIpc) is 3.46. The Bertz CT molecular complexity index is 1390. The van der Waals surface area contributed by atoms with Gasteiger partial charge < -0.3 is 14.2 Å². The first-order valence-corrected chi connectivity index (χ1v) is 18.7. The van der Waals surface area contributed by atoms with Gasteiger partial charge in [0.15, 0.2) is 0 Å². The number of carbonyl (C=O) groups is 3. The molecule has 0 aromatic heterocycles. The van der Waals surface area contributed by atoms with E-state index in [1.165, 1.54) is 38.5 Å². The predicted molar refractivity (Wildman–Crippen MR) is 185 cm³/mol. The van der Waals surface area contributed by atoms with E-state index in [0.717, 1.165) is 54.6 Å². The van der Waals surface area contributed by atoms with Crippen LogP contribution in [0.5, 0.6) is 0 Å². The molecule has 0 saturated heterocycles. The minimum Gasteiger partial charge on any atom is -0.462 e. The highest BCUT2D eigenvalue weighted by atomic mass is 16.5. The van der Waals surface area contributed by atoms with Gasteiger partial charge in [0, 0.05) is 6.42 Å². The van der Waals surface area contributed by atoms with Gasteiger partial charge in [-0.05, 0) is 122 Å². The highest BCUT2D eigenvalue weighted by Gasteiger charge is 2.60. The van der Waals surface area contributed by atoms with Crippen molar-refractivity contribution >= 4 is 17.9 Å². The standard InChI is InChI=1S/C42H56O6/c1-29(14-19-38(43)46-27-30-10-6-4-7-11-30)35-17-18-36-34-16-15-32-26-33(22-24-41(32,2)37(34)23-25-42(35,36)3)48-40(45)21-20-39(44)47-28-31-12-8-5-9-13-31/h4-13,29,32-37H,14-28H2,1-3H3. The van der Waals surface area contributed by atoms with E-state index in [4.69, 9.17) is 14.2 Å². The predicted octanol–water partition coefficient (Wildman–Crippen LogP) is 9.24. The summed E-state index contributed by atoms with van der Waals surface area (Å²) in [5.74, 6) is 3.34. The number of rotatable bonds is 12. The molecule has 9 atom stereocenters. The Balaban J connectivity index is 0.957. The topological polar surface area (TPSA) is 78.9 Å². The summed E-state index contributed by atoms with van der Waals surface area (Å²) in [6.07, 6.45) is 12.2. The Kier molecular flexibility index (Phi) is 11.0. The van der Waals surface area contributed by atoms with Crippen molar-refractivity contribution in [2.75, 3.05) is 0 Å². The molecule has 0 spiro atoms. The molecule has 0 aliphatic heterocycles. The van der Waals surface area contributed by atoms with Crippen molar-refractivity contribution in [2.45, 2.75) is 124 Å². The van der Waals surface area contributed by atoms with Crippen molar-refractivity contribution in [1.29, 1.82) is 0 Å². The molecule has 260 valence electrons. The van der Waals surface area contributed by atoms with Crippen LogP contribution in [-0.2, 0) is 41.8 Å². The Labute approximate surface area is 287 Å². The third-order valence-electron chi connectivity index (χ3n) is 13.5. The van der Waals surface area contributed by atoms with E-state index in [9.17, 15) is 14.4 Å². The molecule has 2 aromatic rings. The van der Waals surface area contributed by atoms with Crippen molar-refractivity contribution < 1.29 is 28.6 Å². The second-order valence-electron chi connectivity index (χ2n) is 16.1. The van der Waals surface area contributed by atoms with Gasteiger partial charge in [0.1, 0.15) is 19.3 Å². The molecule has 4 aliphatic rings. The number of benzene rings is 2. The highest BCUT2D eigenvalue weighted by molar-refractivity contribution is 5.77. The first-order valence-electron chi connectivity index (χ1n) is 18.7.